The zero-order chi connectivity index (χ0) is 19.4. The molecule has 5 nitrogen and oxygen atoms in total. The fraction of sp³-hybridized carbons (Fsp3) is 0.143. The van der Waals surface area contributed by atoms with Gasteiger partial charge in [0, 0.05) is 21.8 Å². The third kappa shape index (κ3) is 3.97. The van der Waals surface area contributed by atoms with Crippen LogP contribution in [0.3, 0.4) is 0 Å². The molecule has 0 amide bonds. The predicted octanol–water partition coefficient (Wildman–Crippen LogP) is 4.46. The Labute approximate surface area is 161 Å². The second kappa shape index (κ2) is 7.98. The summed E-state index contributed by atoms with van der Waals surface area (Å²) in [5, 5.41) is 9.98. The van der Waals surface area contributed by atoms with Gasteiger partial charge in [-0.05, 0) is 36.8 Å². The fourth-order valence-electron chi connectivity index (χ4n) is 2.76. The van der Waals surface area contributed by atoms with Crippen LogP contribution in [0.25, 0.3) is 11.1 Å². The molecule has 0 spiro atoms. The summed E-state index contributed by atoms with van der Waals surface area (Å²) in [6, 6.07) is 16.4. The van der Waals surface area contributed by atoms with Crippen LogP contribution in [0.2, 0.25) is 5.02 Å². The van der Waals surface area contributed by atoms with Gasteiger partial charge in [0.15, 0.2) is 11.5 Å². The smallest absolute Gasteiger partial charge is 0.266 e. The lowest BCUT2D eigenvalue weighted by Crippen LogP contribution is -2.12. The lowest BCUT2D eigenvalue weighted by molar-refractivity contribution is 0.285. The average Bonchev–Trinajstić information content (AvgIpc) is 2.66. The average molecular weight is 381 g/mol. The number of benzene rings is 2. The van der Waals surface area contributed by atoms with Crippen molar-refractivity contribution in [3.63, 3.8) is 0 Å². The van der Waals surface area contributed by atoms with Gasteiger partial charge in [-0.25, -0.2) is 0 Å². The van der Waals surface area contributed by atoms with Crippen LogP contribution in [0.15, 0.2) is 53.3 Å². The first kappa shape index (κ1) is 18.6. The molecule has 6 heteroatoms. The molecule has 27 heavy (non-hydrogen) atoms. The standard InChI is InChI=1S/C21H17ClN2O3/c1-13-9-16(17(11-23)21(25)24-13)14-7-8-19(26-2)20(10-14)27-12-15-5-3-4-6-18(15)22/h3-10H,12H2,1-2H3,(H,24,25). The molecule has 2 aromatic carbocycles. The molecule has 0 aliphatic rings. The molecule has 1 aromatic heterocycles. The van der Waals surface area contributed by atoms with Gasteiger partial charge in [-0.1, -0.05) is 35.9 Å². The lowest BCUT2D eigenvalue weighted by Gasteiger charge is -2.14. The lowest BCUT2D eigenvalue weighted by atomic mass is 10.0. The fourth-order valence-corrected chi connectivity index (χ4v) is 2.95. The molecule has 1 N–H and O–H groups in total. The molecule has 0 saturated carbocycles. The second-order valence-electron chi connectivity index (χ2n) is 5.93. The maximum absolute atomic E-state index is 12.1. The summed E-state index contributed by atoms with van der Waals surface area (Å²) >= 11 is 6.18. The first-order chi connectivity index (χ1) is 13.0. The van der Waals surface area contributed by atoms with Crippen LogP contribution >= 0.6 is 11.6 Å². The van der Waals surface area contributed by atoms with Crippen molar-refractivity contribution < 1.29 is 9.47 Å². The van der Waals surface area contributed by atoms with Crippen LogP contribution < -0.4 is 15.0 Å². The number of ether oxygens (including phenoxy) is 2. The summed E-state index contributed by atoms with van der Waals surface area (Å²) < 4.78 is 11.3. The summed E-state index contributed by atoms with van der Waals surface area (Å²) in [6.45, 7) is 2.03. The monoisotopic (exact) mass is 380 g/mol. The van der Waals surface area contributed by atoms with Crippen molar-refractivity contribution in [2.24, 2.45) is 0 Å². The van der Waals surface area contributed by atoms with Gasteiger partial charge < -0.3 is 14.5 Å². The zero-order valence-corrected chi connectivity index (χ0v) is 15.6. The molecule has 0 aliphatic heterocycles. The number of nitrogens with one attached hydrogen (secondary N) is 1. The first-order valence-electron chi connectivity index (χ1n) is 8.22. The molecule has 0 bridgehead atoms. The molecule has 0 radical (unpaired) electrons. The Morgan fingerprint density at radius 3 is 2.63 bits per heavy atom. The molecule has 1 heterocycles. The quantitative estimate of drug-likeness (QED) is 0.708. The Morgan fingerprint density at radius 1 is 1.15 bits per heavy atom. The number of nitrogens with zero attached hydrogens (tertiary/aromatic N) is 1. The highest BCUT2D eigenvalue weighted by Gasteiger charge is 2.14. The zero-order valence-electron chi connectivity index (χ0n) is 14.9. The Bertz CT molecular complexity index is 1080. The van der Waals surface area contributed by atoms with Crippen molar-refractivity contribution in [1.82, 2.24) is 4.98 Å². The minimum atomic E-state index is -0.415. The van der Waals surface area contributed by atoms with Gasteiger partial charge in [-0.15, -0.1) is 0 Å². The second-order valence-corrected chi connectivity index (χ2v) is 6.33. The number of halogens is 1. The van der Waals surface area contributed by atoms with E-state index >= 15 is 0 Å². The number of rotatable bonds is 5. The summed E-state index contributed by atoms with van der Waals surface area (Å²) in [5.41, 5.74) is 2.39. The SMILES string of the molecule is COc1ccc(-c2cc(C)[nH]c(=O)c2C#N)cc1OCc1ccccc1Cl. The molecule has 3 aromatic rings. The number of methoxy groups -OCH3 is 1. The number of aromatic amines is 1. The molecule has 0 aliphatic carbocycles. The minimum Gasteiger partial charge on any atom is -0.493 e. The summed E-state index contributed by atoms with van der Waals surface area (Å²) in [4.78, 5) is 14.7. The Kier molecular flexibility index (Phi) is 5.49. The molecular weight excluding hydrogens is 364 g/mol. The number of hydrogen-bond donors (Lipinski definition) is 1. The molecule has 136 valence electrons. The highest BCUT2D eigenvalue weighted by atomic mass is 35.5. The number of H-pyrrole nitrogens is 1. The molecule has 0 fully saturated rings. The van der Waals surface area contributed by atoms with Crippen molar-refractivity contribution in [3.8, 4) is 28.7 Å². The van der Waals surface area contributed by atoms with Gasteiger partial charge in [0.05, 0.1) is 7.11 Å². The van der Waals surface area contributed by atoms with E-state index in [4.69, 9.17) is 21.1 Å². The van der Waals surface area contributed by atoms with E-state index < -0.39 is 5.56 Å². The third-order valence-corrected chi connectivity index (χ3v) is 4.46. The topological polar surface area (TPSA) is 75.1 Å². The number of aryl methyl sites for hydroxylation is 1. The van der Waals surface area contributed by atoms with Crippen LogP contribution in [0, 0.1) is 18.3 Å². The van der Waals surface area contributed by atoms with Gasteiger partial charge in [0.1, 0.15) is 18.2 Å². The van der Waals surface area contributed by atoms with Crippen molar-refractivity contribution in [2.45, 2.75) is 13.5 Å². The normalized spacial score (nSPS) is 10.3. The third-order valence-electron chi connectivity index (χ3n) is 4.10. The van der Waals surface area contributed by atoms with Crippen molar-refractivity contribution in [3.05, 3.63) is 80.7 Å². The van der Waals surface area contributed by atoms with Crippen LogP contribution in [-0.4, -0.2) is 12.1 Å². The van der Waals surface area contributed by atoms with E-state index in [1.807, 2.05) is 24.3 Å². The first-order valence-corrected chi connectivity index (χ1v) is 8.60. The summed E-state index contributed by atoms with van der Waals surface area (Å²) in [6.07, 6.45) is 0. The molecule has 0 unspecified atom stereocenters. The van der Waals surface area contributed by atoms with Crippen LogP contribution in [0.1, 0.15) is 16.8 Å². The maximum atomic E-state index is 12.1. The van der Waals surface area contributed by atoms with E-state index in [1.165, 1.54) is 0 Å². The Balaban J connectivity index is 2.01. The van der Waals surface area contributed by atoms with E-state index in [0.29, 0.717) is 33.3 Å². The number of aromatic nitrogens is 1. The van der Waals surface area contributed by atoms with Crippen molar-refractivity contribution in [1.29, 1.82) is 5.26 Å². The highest BCUT2D eigenvalue weighted by molar-refractivity contribution is 6.31. The molecular formula is C21H17ClN2O3. The van der Waals surface area contributed by atoms with E-state index in [2.05, 4.69) is 4.98 Å². The molecule has 0 atom stereocenters. The number of pyridine rings is 1. The van der Waals surface area contributed by atoms with E-state index in [1.54, 1.807) is 44.4 Å². The van der Waals surface area contributed by atoms with Crippen molar-refractivity contribution >= 4 is 11.6 Å². The van der Waals surface area contributed by atoms with Gasteiger partial charge in [-0.2, -0.15) is 5.26 Å². The van der Waals surface area contributed by atoms with Crippen LogP contribution in [0.4, 0.5) is 0 Å². The van der Waals surface area contributed by atoms with Gasteiger partial charge in [-0.3, -0.25) is 4.79 Å². The Hall–Kier alpha value is -3.23. The Morgan fingerprint density at radius 2 is 1.93 bits per heavy atom. The summed E-state index contributed by atoms with van der Waals surface area (Å²) in [5.74, 6) is 1.04. The number of nitriles is 1. The van der Waals surface area contributed by atoms with Gasteiger partial charge in [0.2, 0.25) is 0 Å². The van der Waals surface area contributed by atoms with Gasteiger partial charge >= 0.3 is 0 Å². The van der Waals surface area contributed by atoms with Crippen molar-refractivity contribution in [2.75, 3.05) is 7.11 Å². The maximum Gasteiger partial charge on any atom is 0.266 e. The molecule has 0 saturated heterocycles. The van der Waals surface area contributed by atoms with E-state index in [0.717, 1.165) is 5.56 Å². The highest BCUT2D eigenvalue weighted by Crippen LogP contribution is 2.34. The number of hydrogen-bond acceptors (Lipinski definition) is 4. The van der Waals surface area contributed by atoms with E-state index in [-0.39, 0.29) is 12.2 Å². The van der Waals surface area contributed by atoms with Crippen LogP contribution in [-0.2, 0) is 6.61 Å². The van der Waals surface area contributed by atoms with E-state index in [9.17, 15) is 10.1 Å². The summed E-state index contributed by atoms with van der Waals surface area (Å²) in [7, 11) is 1.55. The minimum absolute atomic E-state index is 0.0582. The molecule has 3 rings (SSSR count). The van der Waals surface area contributed by atoms with Gasteiger partial charge in [0.25, 0.3) is 5.56 Å². The van der Waals surface area contributed by atoms with Crippen LogP contribution in [0.5, 0.6) is 11.5 Å². The predicted molar refractivity (Wildman–Crippen MR) is 104 cm³/mol. The largest absolute Gasteiger partial charge is 0.493 e.